The fourth-order valence-electron chi connectivity index (χ4n) is 10.1. The molecule has 316 valence electrons. The molecule has 0 bridgehead atoms. The number of aromatic nitrogens is 6. The molecule has 10 rings (SSSR count). The number of imide groups is 1. The van der Waals surface area contributed by atoms with Crippen LogP contribution in [0.1, 0.15) is 78.2 Å². The van der Waals surface area contributed by atoms with Crippen molar-refractivity contribution in [3.8, 4) is 17.1 Å². The molecule has 0 radical (unpaired) electrons. The minimum absolute atomic E-state index is 0.0437. The van der Waals surface area contributed by atoms with Crippen LogP contribution in [0, 0.1) is 17.7 Å². The van der Waals surface area contributed by atoms with Gasteiger partial charge in [-0.1, -0.05) is 0 Å². The summed E-state index contributed by atoms with van der Waals surface area (Å²) in [5.41, 5.74) is 4.07. The number of imidazole rings is 1. The topological polar surface area (TPSA) is 141 Å². The van der Waals surface area contributed by atoms with E-state index in [0.717, 1.165) is 131 Å². The third-order valence-electron chi connectivity index (χ3n) is 14.0. The Bertz CT molecular complexity index is 2410. The SMILES string of the molecule is CC1(Oc2ccc3[nH]nc(-c4cc(N5CCC(CN6CCN(CC7CCN(c8ccc9c(ncn9C9CCC(=O)NC9=O)c8F)CC7)CC6(C)C)CC5)ncn4)c3c2)CC1. The maximum absolute atomic E-state index is 15.9. The van der Waals surface area contributed by atoms with Gasteiger partial charge in [0, 0.05) is 82.3 Å². The van der Waals surface area contributed by atoms with E-state index >= 15 is 4.39 Å². The summed E-state index contributed by atoms with van der Waals surface area (Å²) in [5.74, 6) is 2.06. The normalized spacial score (nSPS) is 23.1. The smallest absolute Gasteiger partial charge is 0.249 e. The molecule has 15 heteroatoms. The van der Waals surface area contributed by atoms with Gasteiger partial charge in [0.1, 0.15) is 40.7 Å². The van der Waals surface area contributed by atoms with E-state index in [1.165, 1.54) is 6.33 Å². The summed E-state index contributed by atoms with van der Waals surface area (Å²) >= 11 is 0. The number of anilines is 2. The molecule has 4 saturated heterocycles. The average molecular weight is 818 g/mol. The van der Waals surface area contributed by atoms with E-state index in [9.17, 15) is 9.59 Å². The van der Waals surface area contributed by atoms with Gasteiger partial charge in [0.25, 0.3) is 0 Å². The van der Waals surface area contributed by atoms with Crippen LogP contribution in [0.25, 0.3) is 33.3 Å². The first-order valence-corrected chi connectivity index (χ1v) is 21.9. The second kappa shape index (κ2) is 15.4. The fraction of sp³-hybridized carbons (Fsp3) is 0.556. The molecule has 5 fully saturated rings. The largest absolute Gasteiger partial charge is 0.488 e. The van der Waals surface area contributed by atoms with E-state index in [2.05, 4.69) is 78.0 Å². The number of nitrogens with zero attached hydrogens (tertiary/aromatic N) is 9. The summed E-state index contributed by atoms with van der Waals surface area (Å²) in [6, 6.07) is 11.3. The van der Waals surface area contributed by atoms with E-state index in [1.54, 1.807) is 10.9 Å². The highest BCUT2D eigenvalue weighted by molar-refractivity contribution is 6.00. The van der Waals surface area contributed by atoms with Crippen molar-refractivity contribution in [3.63, 3.8) is 0 Å². The number of fused-ring (bicyclic) bond motifs is 2. The molecule has 1 saturated carbocycles. The molecule has 5 aliphatic rings. The molecule has 2 aromatic carbocycles. The molecule has 5 aromatic rings. The number of aromatic amines is 1. The van der Waals surface area contributed by atoms with Crippen LogP contribution in [0.15, 0.2) is 49.1 Å². The number of H-pyrrole nitrogens is 1. The molecule has 60 heavy (non-hydrogen) atoms. The molecule has 4 aliphatic heterocycles. The van der Waals surface area contributed by atoms with Gasteiger partial charge in [0.05, 0.1) is 28.7 Å². The Morgan fingerprint density at radius 3 is 2.37 bits per heavy atom. The van der Waals surface area contributed by atoms with Gasteiger partial charge in [-0.2, -0.15) is 5.10 Å². The zero-order chi connectivity index (χ0) is 41.2. The number of piperidine rings is 3. The van der Waals surface area contributed by atoms with Gasteiger partial charge in [-0.05, 0) is 108 Å². The van der Waals surface area contributed by atoms with Gasteiger partial charge in [0.15, 0.2) is 5.82 Å². The number of halogens is 1. The van der Waals surface area contributed by atoms with Crippen molar-refractivity contribution >= 4 is 45.3 Å². The van der Waals surface area contributed by atoms with Gasteiger partial charge < -0.3 is 19.1 Å². The summed E-state index contributed by atoms with van der Waals surface area (Å²) in [7, 11) is 0. The number of ether oxygens (including phenoxy) is 1. The van der Waals surface area contributed by atoms with E-state index in [1.807, 2.05) is 24.3 Å². The first-order chi connectivity index (χ1) is 29.0. The summed E-state index contributed by atoms with van der Waals surface area (Å²) in [5, 5.41) is 11.2. The third kappa shape index (κ3) is 7.70. The first-order valence-electron chi connectivity index (χ1n) is 21.9. The van der Waals surface area contributed by atoms with E-state index in [-0.39, 0.29) is 40.7 Å². The van der Waals surface area contributed by atoms with E-state index in [4.69, 9.17) is 9.72 Å². The quantitative estimate of drug-likeness (QED) is 0.162. The Morgan fingerprint density at radius 1 is 0.850 bits per heavy atom. The molecular weight excluding hydrogens is 762 g/mol. The molecule has 7 heterocycles. The van der Waals surface area contributed by atoms with Gasteiger partial charge in [-0.15, -0.1) is 0 Å². The summed E-state index contributed by atoms with van der Waals surface area (Å²) in [6.07, 6.45) is 10.3. The van der Waals surface area contributed by atoms with Crippen molar-refractivity contribution in [1.29, 1.82) is 0 Å². The van der Waals surface area contributed by atoms with Crippen molar-refractivity contribution in [1.82, 2.24) is 44.8 Å². The number of piperazine rings is 1. The highest BCUT2D eigenvalue weighted by Crippen LogP contribution is 2.41. The molecule has 0 spiro atoms. The number of carbonyl (C=O) groups excluding carboxylic acids is 2. The van der Waals surface area contributed by atoms with Gasteiger partial charge in [0.2, 0.25) is 11.8 Å². The number of rotatable bonds is 10. The maximum Gasteiger partial charge on any atom is 0.249 e. The zero-order valence-corrected chi connectivity index (χ0v) is 35.0. The van der Waals surface area contributed by atoms with Gasteiger partial charge in [-0.3, -0.25) is 29.8 Å². The lowest BCUT2D eigenvalue weighted by atomic mass is 9.90. The minimum atomic E-state index is -0.564. The third-order valence-corrected chi connectivity index (χ3v) is 14.0. The van der Waals surface area contributed by atoms with Crippen LogP contribution in [0.5, 0.6) is 5.75 Å². The van der Waals surface area contributed by atoms with Crippen LogP contribution in [0.4, 0.5) is 15.9 Å². The summed E-state index contributed by atoms with van der Waals surface area (Å²) < 4.78 is 23.8. The van der Waals surface area contributed by atoms with Crippen molar-refractivity contribution in [2.75, 3.05) is 68.7 Å². The molecule has 14 nitrogen and oxygen atoms in total. The Labute approximate surface area is 349 Å². The number of nitrogens with one attached hydrogen (secondary N) is 2. The zero-order valence-electron chi connectivity index (χ0n) is 35.0. The molecule has 1 unspecified atom stereocenters. The van der Waals surface area contributed by atoms with Crippen molar-refractivity contribution < 1.29 is 18.7 Å². The number of benzene rings is 2. The van der Waals surface area contributed by atoms with Crippen LogP contribution < -0.4 is 19.9 Å². The highest BCUT2D eigenvalue weighted by atomic mass is 19.1. The van der Waals surface area contributed by atoms with Crippen LogP contribution in [0.2, 0.25) is 0 Å². The Hall–Kier alpha value is -5.15. The molecule has 3 aromatic heterocycles. The van der Waals surface area contributed by atoms with Crippen LogP contribution in [-0.2, 0) is 9.59 Å². The Morgan fingerprint density at radius 2 is 1.62 bits per heavy atom. The van der Waals surface area contributed by atoms with Crippen molar-refractivity contribution in [2.45, 2.75) is 89.3 Å². The number of hydrogen-bond acceptors (Lipinski definition) is 11. The fourth-order valence-corrected chi connectivity index (χ4v) is 10.1. The van der Waals surface area contributed by atoms with E-state index in [0.29, 0.717) is 29.5 Å². The summed E-state index contributed by atoms with van der Waals surface area (Å²) in [6.45, 7) is 15.9. The predicted octanol–water partition coefficient (Wildman–Crippen LogP) is 5.95. The molecule has 1 aliphatic carbocycles. The molecule has 1 atom stereocenters. The van der Waals surface area contributed by atoms with Gasteiger partial charge in [-0.25, -0.2) is 19.3 Å². The monoisotopic (exact) mass is 817 g/mol. The lowest BCUT2D eigenvalue weighted by molar-refractivity contribution is -0.135. The van der Waals surface area contributed by atoms with Crippen molar-refractivity contribution in [3.05, 3.63) is 54.9 Å². The van der Waals surface area contributed by atoms with Crippen LogP contribution in [-0.4, -0.2) is 121 Å². The van der Waals surface area contributed by atoms with Crippen LogP contribution >= 0.6 is 0 Å². The number of carbonyl (C=O) groups is 2. The van der Waals surface area contributed by atoms with E-state index < -0.39 is 6.04 Å². The second-order valence-corrected chi connectivity index (χ2v) is 18.8. The average Bonchev–Trinajstić information content (AvgIpc) is 3.58. The second-order valence-electron chi connectivity index (χ2n) is 18.8. The van der Waals surface area contributed by atoms with Gasteiger partial charge >= 0.3 is 0 Å². The van der Waals surface area contributed by atoms with Crippen LogP contribution in [0.3, 0.4) is 0 Å². The van der Waals surface area contributed by atoms with Crippen molar-refractivity contribution in [2.24, 2.45) is 11.8 Å². The predicted molar refractivity (Wildman–Crippen MR) is 228 cm³/mol. The minimum Gasteiger partial charge on any atom is -0.488 e. The number of hydrogen-bond donors (Lipinski definition) is 2. The lowest BCUT2D eigenvalue weighted by Gasteiger charge is -2.50. The Balaban J connectivity index is 0.698. The highest BCUT2D eigenvalue weighted by Gasteiger charge is 2.40. The number of amides is 2. The standard InChI is InChI=1S/C45H56FN11O3/c1-44(2)26-53(24-29-10-16-54(17-11-29)35-6-7-36-42(40(35)46)49-28-57(36)37-8-9-39(58)50-43(37)59)20-21-56(44)25-30-12-18-55(19-13-30)38-23-34(47-27-48-38)41-32-22-31(60-45(3)14-15-45)4-5-33(32)51-52-41/h4-7,22-23,27-30,37H,8-21,24-26H2,1-3H3,(H,51,52)(H,50,58,59). The first kappa shape index (κ1) is 39.0. The summed E-state index contributed by atoms with van der Waals surface area (Å²) in [4.78, 5) is 47.8. The molecule has 2 amide bonds. The maximum atomic E-state index is 15.9. The molecule has 2 N–H and O–H groups in total. The lowest BCUT2D eigenvalue weighted by Crippen LogP contribution is -2.61. The molecular formula is C45H56FN11O3. The Kier molecular flexibility index (Phi) is 10.0.